The molecule has 0 bridgehead atoms. The van der Waals surface area contributed by atoms with Gasteiger partial charge < -0.3 is 19.5 Å². The molecule has 0 radical (unpaired) electrons. The molecular weight excluding hydrogens is 268 g/mol. The van der Waals surface area contributed by atoms with Gasteiger partial charge in [0.05, 0.1) is 11.2 Å². The Labute approximate surface area is 125 Å². The van der Waals surface area contributed by atoms with Gasteiger partial charge in [0.1, 0.15) is 18.4 Å². The van der Waals surface area contributed by atoms with Crippen molar-refractivity contribution in [2.24, 2.45) is 0 Å². The molecule has 1 saturated heterocycles. The van der Waals surface area contributed by atoms with E-state index in [1.54, 1.807) is 12.1 Å². The van der Waals surface area contributed by atoms with Gasteiger partial charge in [0, 0.05) is 39.1 Å². The maximum atomic E-state index is 10.4. The maximum Gasteiger partial charge on any atom is 0.137 e. The van der Waals surface area contributed by atoms with Gasteiger partial charge in [0.2, 0.25) is 0 Å². The van der Waals surface area contributed by atoms with Crippen LogP contribution in [0.5, 0.6) is 5.75 Å². The van der Waals surface area contributed by atoms with E-state index in [1.807, 2.05) is 19.2 Å². The molecule has 0 aliphatic carbocycles. The molecule has 1 heterocycles. The van der Waals surface area contributed by atoms with Crippen LogP contribution in [0.1, 0.15) is 18.4 Å². The summed E-state index contributed by atoms with van der Waals surface area (Å²) >= 11 is 0. The second-order valence-corrected chi connectivity index (χ2v) is 5.53. The van der Waals surface area contributed by atoms with E-state index in [0.717, 1.165) is 0 Å². The molecular formula is C16H22N2O3. The van der Waals surface area contributed by atoms with Crippen LogP contribution in [0.4, 0.5) is 0 Å². The predicted octanol–water partition coefficient (Wildman–Crippen LogP) is 1.41. The smallest absolute Gasteiger partial charge is 0.137 e. The highest BCUT2D eigenvalue weighted by Crippen LogP contribution is 2.21. The second-order valence-electron chi connectivity index (χ2n) is 5.53. The summed E-state index contributed by atoms with van der Waals surface area (Å²) < 4.78 is 10.9. The number of rotatable bonds is 6. The third-order valence-electron chi connectivity index (χ3n) is 3.73. The second kappa shape index (κ2) is 7.41. The van der Waals surface area contributed by atoms with Crippen LogP contribution in [0.15, 0.2) is 24.3 Å². The van der Waals surface area contributed by atoms with Crippen LogP contribution in [0.3, 0.4) is 0 Å². The molecule has 0 saturated carbocycles. The fourth-order valence-electron chi connectivity index (χ4n) is 2.49. The van der Waals surface area contributed by atoms with E-state index >= 15 is 0 Å². The number of nitrogens with zero attached hydrogens (tertiary/aromatic N) is 2. The Hall–Kier alpha value is -1.61. The summed E-state index contributed by atoms with van der Waals surface area (Å²) in [5.74, 6) is 0.609. The summed E-state index contributed by atoms with van der Waals surface area (Å²) in [7, 11) is 1.97. The minimum absolute atomic E-state index is 0.488. The number of likely N-dealkylation sites (N-methyl/N-ethyl adjacent to an activating group) is 1. The van der Waals surface area contributed by atoms with Crippen molar-refractivity contribution in [2.45, 2.75) is 18.4 Å². The Bertz CT molecular complexity index is 493. The summed E-state index contributed by atoms with van der Waals surface area (Å²) in [6.45, 7) is 3.04. The zero-order valence-corrected chi connectivity index (χ0v) is 12.4. The predicted molar refractivity (Wildman–Crippen MR) is 79.2 cm³/mol. The topological polar surface area (TPSA) is 65.7 Å². The van der Waals surface area contributed by atoms with Crippen LogP contribution in [0.2, 0.25) is 0 Å². The van der Waals surface area contributed by atoms with Crippen LogP contribution in [-0.2, 0) is 4.74 Å². The van der Waals surface area contributed by atoms with E-state index in [1.165, 1.54) is 0 Å². The Morgan fingerprint density at radius 3 is 2.81 bits per heavy atom. The lowest BCUT2D eigenvalue weighted by atomic mass is 9.94. The summed E-state index contributed by atoms with van der Waals surface area (Å²) in [5, 5.41) is 19.4. The summed E-state index contributed by atoms with van der Waals surface area (Å²) in [6, 6.07) is 9.32. The van der Waals surface area contributed by atoms with Gasteiger partial charge in [-0.25, -0.2) is 0 Å². The zero-order chi connectivity index (χ0) is 15.1. The van der Waals surface area contributed by atoms with Crippen molar-refractivity contribution >= 4 is 0 Å². The Kier molecular flexibility index (Phi) is 5.57. The van der Waals surface area contributed by atoms with Gasteiger partial charge in [-0.3, -0.25) is 0 Å². The molecule has 5 nitrogen and oxygen atoms in total. The first-order valence-electron chi connectivity index (χ1n) is 7.24. The molecule has 1 fully saturated rings. The number of ether oxygens (including phenoxy) is 2. The molecule has 0 amide bonds. The van der Waals surface area contributed by atoms with Gasteiger partial charge in [0.25, 0.3) is 0 Å². The van der Waals surface area contributed by atoms with Gasteiger partial charge in [-0.15, -0.1) is 0 Å². The summed E-state index contributed by atoms with van der Waals surface area (Å²) in [6.07, 6.45) is 1.35. The number of nitriles is 1. The Balaban J connectivity index is 1.76. The van der Waals surface area contributed by atoms with Crippen molar-refractivity contribution in [2.75, 3.05) is 40.0 Å². The minimum atomic E-state index is -0.655. The van der Waals surface area contributed by atoms with Crippen LogP contribution in [0, 0.1) is 11.3 Å². The fourth-order valence-corrected chi connectivity index (χ4v) is 2.49. The third kappa shape index (κ3) is 4.71. The lowest BCUT2D eigenvalue weighted by molar-refractivity contribution is -0.0775. The average molecular weight is 290 g/mol. The molecule has 5 heteroatoms. The van der Waals surface area contributed by atoms with E-state index in [0.29, 0.717) is 57.1 Å². The lowest BCUT2D eigenvalue weighted by Gasteiger charge is -2.35. The zero-order valence-electron chi connectivity index (χ0n) is 12.4. The largest absolute Gasteiger partial charge is 0.491 e. The molecule has 1 aromatic rings. The van der Waals surface area contributed by atoms with Crippen molar-refractivity contribution in [3.63, 3.8) is 0 Å². The molecule has 0 atom stereocenters. The highest BCUT2D eigenvalue weighted by molar-refractivity contribution is 5.42. The molecule has 114 valence electrons. The van der Waals surface area contributed by atoms with Gasteiger partial charge >= 0.3 is 0 Å². The lowest BCUT2D eigenvalue weighted by Crippen LogP contribution is -2.46. The van der Waals surface area contributed by atoms with Crippen molar-refractivity contribution < 1.29 is 14.6 Å². The van der Waals surface area contributed by atoms with Crippen LogP contribution >= 0.6 is 0 Å². The Morgan fingerprint density at radius 2 is 2.10 bits per heavy atom. The van der Waals surface area contributed by atoms with Crippen molar-refractivity contribution in [3.8, 4) is 11.8 Å². The summed E-state index contributed by atoms with van der Waals surface area (Å²) in [4.78, 5) is 2.06. The van der Waals surface area contributed by atoms with E-state index in [2.05, 4.69) is 11.0 Å². The van der Waals surface area contributed by atoms with Gasteiger partial charge in [-0.2, -0.15) is 5.26 Å². The Morgan fingerprint density at radius 1 is 1.38 bits per heavy atom. The standard InChI is InChI=1S/C16H22N2O3/c1-18(13-16(19)6-9-20-10-7-16)8-11-21-15-5-3-2-4-14(15)12-17/h2-5,19H,6-11,13H2,1H3. The molecule has 0 spiro atoms. The molecule has 1 N–H and O–H groups in total. The van der Waals surface area contributed by atoms with Crippen molar-refractivity contribution in [1.82, 2.24) is 4.90 Å². The quantitative estimate of drug-likeness (QED) is 0.858. The third-order valence-corrected chi connectivity index (χ3v) is 3.73. The molecule has 21 heavy (non-hydrogen) atoms. The molecule has 0 unspecified atom stereocenters. The minimum Gasteiger partial charge on any atom is -0.491 e. The SMILES string of the molecule is CN(CCOc1ccccc1C#N)CC1(O)CCOCC1. The number of hydrogen-bond acceptors (Lipinski definition) is 5. The van der Waals surface area contributed by atoms with Crippen LogP contribution in [0.25, 0.3) is 0 Å². The van der Waals surface area contributed by atoms with E-state index in [-0.39, 0.29) is 0 Å². The number of para-hydroxylation sites is 1. The monoisotopic (exact) mass is 290 g/mol. The van der Waals surface area contributed by atoms with Gasteiger partial charge in [0.15, 0.2) is 0 Å². The first kappa shape index (κ1) is 15.8. The molecule has 0 aromatic heterocycles. The van der Waals surface area contributed by atoms with Gasteiger partial charge in [-0.05, 0) is 19.2 Å². The number of aliphatic hydroxyl groups is 1. The summed E-state index contributed by atoms with van der Waals surface area (Å²) in [5.41, 5.74) is -0.111. The van der Waals surface area contributed by atoms with Crippen LogP contribution < -0.4 is 4.74 Å². The van der Waals surface area contributed by atoms with E-state index in [9.17, 15) is 5.11 Å². The fraction of sp³-hybridized carbons (Fsp3) is 0.562. The first-order valence-corrected chi connectivity index (χ1v) is 7.24. The molecule has 1 aliphatic heterocycles. The highest BCUT2D eigenvalue weighted by Gasteiger charge is 2.30. The highest BCUT2D eigenvalue weighted by atomic mass is 16.5. The number of hydrogen-bond donors (Lipinski definition) is 1. The van der Waals surface area contributed by atoms with E-state index < -0.39 is 5.60 Å². The van der Waals surface area contributed by atoms with Crippen molar-refractivity contribution in [3.05, 3.63) is 29.8 Å². The van der Waals surface area contributed by atoms with Crippen molar-refractivity contribution in [1.29, 1.82) is 5.26 Å². The number of benzene rings is 1. The normalized spacial score (nSPS) is 17.4. The maximum absolute atomic E-state index is 10.4. The molecule has 1 aliphatic rings. The van der Waals surface area contributed by atoms with Gasteiger partial charge in [-0.1, -0.05) is 12.1 Å². The first-order chi connectivity index (χ1) is 10.1. The molecule has 1 aromatic carbocycles. The molecule has 2 rings (SSSR count). The average Bonchev–Trinajstić information content (AvgIpc) is 2.48. The van der Waals surface area contributed by atoms with Crippen LogP contribution in [-0.4, -0.2) is 55.6 Å². The van der Waals surface area contributed by atoms with E-state index in [4.69, 9.17) is 14.7 Å².